The van der Waals surface area contributed by atoms with Crippen molar-refractivity contribution >= 4 is 5.91 Å². The van der Waals surface area contributed by atoms with E-state index in [1.165, 1.54) is 16.7 Å². The molecule has 1 aromatic rings. The first kappa shape index (κ1) is 13.7. The standard InChI is InChI=1S/C14H22N2O/c1-5-15-14(17)12(4)16-9-13-7-6-10(2)8-11(13)3/h6-8,12,16H,5,9H2,1-4H3,(H,15,17). The highest BCUT2D eigenvalue weighted by Gasteiger charge is 2.10. The Morgan fingerprint density at radius 3 is 2.65 bits per heavy atom. The summed E-state index contributed by atoms with van der Waals surface area (Å²) in [5, 5.41) is 6.04. The maximum atomic E-state index is 11.5. The lowest BCUT2D eigenvalue weighted by molar-refractivity contribution is -0.122. The van der Waals surface area contributed by atoms with Gasteiger partial charge in [-0.2, -0.15) is 0 Å². The van der Waals surface area contributed by atoms with Crippen LogP contribution in [0, 0.1) is 13.8 Å². The second-order valence-electron chi connectivity index (χ2n) is 4.43. The molecule has 2 N–H and O–H groups in total. The van der Waals surface area contributed by atoms with Gasteiger partial charge in [0.1, 0.15) is 0 Å². The van der Waals surface area contributed by atoms with Gasteiger partial charge in [-0.1, -0.05) is 23.8 Å². The number of rotatable bonds is 5. The molecular formula is C14H22N2O. The molecule has 1 aromatic carbocycles. The Bertz CT molecular complexity index is 388. The van der Waals surface area contributed by atoms with Crippen LogP contribution in [0.2, 0.25) is 0 Å². The van der Waals surface area contributed by atoms with Gasteiger partial charge >= 0.3 is 0 Å². The summed E-state index contributed by atoms with van der Waals surface area (Å²) in [5.74, 6) is 0.0530. The minimum absolute atomic E-state index is 0.0530. The molecule has 0 heterocycles. The Labute approximate surface area is 104 Å². The van der Waals surface area contributed by atoms with Crippen LogP contribution in [0.15, 0.2) is 18.2 Å². The minimum atomic E-state index is -0.157. The van der Waals surface area contributed by atoms with Gasteiger partial charge in [0.25, 0.3) is 0 Å². The van der Waals surface area contributed by atoms with Crippen LogP contribution in [0.3, 0.4) is 0 Å². The first-order valence-corrected chi connectivity index (χ1v) is 6.11. The highest BCUT2D eigenvalue weighted by molar-refractivity contribution is 5.81. The van der Waals surface area contributed by atoms with Crippen LogP contribution < -0.4 is 10.6 Å². The second kappa shape index (κ2) is 6.40. The van der Waals surface area contributed by atoms with Crippen LogP contribution in [-0.4, -0.2) is 18.5 Å². The Morgan fingerprint density at radius 2 is 2.06 bits per heavy atom. The van der Waals surface area contributed by atoms with Crippen LogP contribution in [0.1, 0.15) is 30.5 Å². The molecule has 0 aliphatic carbocycles. The van der Waals surface area contributed by atoms with Gasteiger partial charge in [0.15, 0.2) is 0 Å². The summed E-state index contributed by atoms with van der Waals surface area (Å²) in [5.41, 5.74) is 3.77. The number of aryl methyl sites for hydroxylation is 2. The lowest BCUT2D eigenvalue weighted by Gasteiger charge is -2.14. The van der Waals surface area contributed by atoms with Crippen molar-refractivity contribution in [2.24, 2.45) is 0 Å². The predicted octanol–water partition coefficient (Wildman–Crippen LogP) is 1.92. The van der Waals surface area contributed by atoms with Gasteiger partial charge in [-0.3, -0.25) is 4.79 Å². The maximum Gasteiger partial charge on any atom is 0.236 e. The average molecular weight is 234 g/mol. The number of hydrogen-bond acceptors (Lipinski definition) is 2. The summed E-state index contributed by atoms with van der Waals surface area (Å²) < 4.78 is 0. The number of hydrogen-bond donors (Lipinski definition) is 2. The average Bonchev–Trinajstić information content (AvgIpc) is 2.27. The van der Waals surface area contributed by atoms with Crippen molar-refractivity contribution in [1.29, 1.82) is 0 Å². The molecule has 0 radical (unpaired) electrons. The van der Waals surface area contributed by atoms with Crippen molar-refractivity contribution in [2.45, 2.75) is 40.3 Å². The van der Waals surface area contributed by atoms with Crippen molar-refractivity contribution in [1.82, 2.24) is 10.6 Å². The Morgan fingerprint density at radius 1 is 1.35 bits per heavy atom. The molecule has 17 heavy (non-hydrogen) atoms. The third-order valence-corrected chi connectivity index (χ3v) is 2.84. The zero-order valence-electron chi connectivity index (χ0n) is 11.1. The van der Waals surface area contributed by atoms with Crippen LogP contribution in [0.4, 0.5) is 0 Å². The van der Waals surface area contributed by atoms with Crippen molar-refractivity contribution in [2.75, 3.05) is 6.54 Å². The molecule has 0 saturated heterocycles. The number of amides is 1. The van der Waals surface area contributed by atoms with E-state index in [4.69, 9.17) is 0 Å². The molecule has 0 fully saturated rings. The highest BCUT2D eigenvalue weighted by Crippen LogP contribution is 2.10. The Balaban J connectivity index is 2.52. The maximum absolute atomic E-state index is 11.5. The van der Waals surface area contributed by atoms with Crippen LogP contribution in [-0.2, 0) is 11.3 Å². The molecule has 0 bridgehead atoms. The molecule has 1 amide bonds. The van der Waals surface area contributed by atoms with Crippen molar-refractivity contribution in [3.8, 4) is 0 Å². The first-order chi connectivity index (χ1) is 8.04. The van der Waals surface area contributed by atoms with E-state index in [9.17, 15) is 4.79 Å². The molecule has 94 valence electrons. The molecule has 0 saturated carbocycles. The summed E-state index contributed by atoms with van der Waals surface area (Å²) >= 11 is 0. The summed E-state index contributed by atoms with van der Waals surface area (Å²) in [4.78, 5) is 11.5. The Hall–Kier alpha value is -1.35. The van der Waals surface area contributed by atoms with E-state index >= 15 is 0 Å². The molecule has 3 nitrogen and oxygen atoms in total. The van der Waals surface area contributed by atoms with E-state index in [1.807, 2.05) is 13.8 Å². The molecule has 1 unspecified atom stereocenters. The van der Waals surface area contributed by atoms with Gasteiger partial charge in [-0.05, 0) is 38.8 Å². The van der Waals surface area contributed by atoms with Crippen molar-refractivity contribution in [3.05, 3.63) is 34.9 Å². The summed E-state index contributed by atoms with van der Waals surface area (Å²) in [7, 11) is 0. The molecular weight excluding hydrogens is 212 g/mol. The number of carbonyl (C=O) groups is 1. The van der Waals surface area contributed by atoms with E-state index in [0.717, 1.165) is 6.54 Å². The van der Waals surface area contributed by atoms with E-state index in [1.54, 1.807) is 0 Å². The van der Waals surface area contributed by atoms with E-state index < -0.39 is 0 Å². The van der Waals surface area contributed by atoms with E-state index in [2.05, 4.69) is 42.7 Å². The van der Waals surface area contributed by atoms with Crippen molar-refractivity contribution < 1.29 is 4.79 Å². The molecule has 3 heteroatoms. The van der Waals surface area contributed by atoms with Gasteiger partial charge in [0.05, 0.1) is 6.04 Å². The third-order valence-electron chi connectivity index (χ3n) is 2.84. The molecule has 1 atom stereocenters. The Kier molecular flexibility index (Phi) is 5.16. The number of benzene rings is 1. The quantitative estimate of drug-likeness (QED) is 0.817. The fourth-order valence-corrected chi connectivity index (χ4v) is 1.73. The molecule has 0 aliphatic heterocycles. The molecule has 0 aromatic heterocycles. The topological polar surface area (TPSA) is 41.1 Å². The lowest BCUT2D eigenvalue weighted by Crippen LogP contribution is -2.41. The van der Waals surface area contributed by atoms with E-state index in [0.29, 0.717) is 6.54 Å². The second-order valence-corrected chi connectivity index (χ2v) is 4.43. The van der Waals surface area contributed by atoms with Crippen molar-refractivity contribution in [3.63, 3.8) is 0 Å². The van der Waals surface area contributed by atoms with Gasteiger partial charge < -0.3 is 10.6 Å². The van der Waals surface area contributed by atoms with Gasteiger partial charge in [-0.15, -0.1) is 0 Å². The fourth-order valence-electron chi connectivity index (χ4n) is 1.73. The number of nitrogens with one attached hydrogen (secondary N) is 2. The number of likely N-dealkylation sites (N-methyl/N-ethyl adjacent to an activating group) is 1. The zero-order valence-corrected chi connectivity index (χ0v) is 11.1. The molecule has 0 aliphatic rings. The normalized spacial score (nSPS) is 12.2. The van der Waals surface area contributed by atoms with Gasteiger partial charge in [0, 0.05) is 13.1 Å². The minimum Gasteiger partial charge on any atom is -0.355 e. The third kappa shape index (κ3) is 4.19. The smallest absolute Gasteiger partial charge is 0.236 e. The summed E-state index contributed by atoms with van der Waals surface area (Å²) in [6, 6.07) is 6.21. The summed E-state index contributed by atoms with van der Waals surface area (Å²) in [6.45, 7) is 9.39. The number of carbonyl (C=O) groups excluding carboxylic acids is 1. The molecule has 0 spiro atoms. The van der Waals surface area contributed by atoms with Gasteiger partial charge in [0.2, 0.25) is 5.91 Å². The first-order valence-electron chi connectivity index (χ1n) is 6.11. The van der Waals surface area contributed by atoms with Crippen LogP contribution in [0.25, 0.3) is 0 Å². The largest absolute Gasteiger partial charge is 0.355 e. The predicted molar refractivity (Wildman–Crippen MR) is 70.9 cm³/mol. The monoisotopic (exact) mass is 234 g/mol. The van der Waals surface area contributed by atoms with E-state index in [-0.39, 0.29) is 11.9 Å². The van der Waals surface area contributed by atoms with Gasteiger partial charge in [-0.25, -0.2) is 0 Å². The zero-order chi connectivity index (χ0) is 12.8. The lowest BCUT2D eigenvalue weighted by atomic mass is 10.1. The highest BCUT2D eigenvalue weighted by atomic mass is 16.2. The van der Waals surface area contributed by atoms with Crippen LogP contribution in [0.5, 0.6) is 0 Å². The summed E-state index contributed by atoms with van der Waals surface area (Å²) in [6.07, 6.45) is 0. The fraction of sp³-hybridized carbons (Fsp3) is 0.500. The molecule has 1 rings (SSSR count). The SMILES string of the molecule is CCNC(=O)C(C)NCc1ccc(C)cc1C. The van der Waals surface area contributed by atoms with Crippen LogP contribution >= 0.6 is 0 Å².